The van der Waals surface area contributed by atoms with Crippen LogP contribution in [0.3, 0.4) is 0 Å². The average molecular weight is 467 g/mol. The molecule has 2 heterocycles. The first kappa shape index (κ1) is 23.5. The lowest BCUT2D eigenvalue weighted by molar-refractivity contribution is -0.134. The second-order valence-electron chi connectivity index (χ2n) is 9.78. The SMILES string of the molecule is CC(C)C(c1nc2cc(Cl)ccc2c(=O)n1Cc1ccccc1)N1CC(C)(C)NCCC1=O. The maximum Gasteiger partial charge on any atom is 0.261 e. The van der Waals surface area contributed by atoms with E-state index in [1.807, 2.05) is 35.2 Å². The molecule has 1 aliphatic heterocycles. The van der Waals surface area contributed by atoms with Crippen LogP contribution >= 0.6 is 11.6 Å². The molecule has 1 saturated heterocycles. The molecule has 0 radical (unpaired) electrons. The van der Waals surface area contributed by atoms with Crippen molar-refractivity contribution in [3.63, 3.8) is 0 Å². The first-order valence-corrected chi connectivity index (χ1v) is 11.8. The first-order valence-electron chi connectivity index (χ1n) is 11.4. The zero-order chi connectivity index (χ0) is 23.8. The van der Waals surface area contributed by atoms with E-state index in [-0.39, 0.29) is 29.0 Å². The minimum Gasteiger partial charge on any atom is -0.330 e. The van der Waals surface area contributed by atoms with Crippen molar-refractivity contribution in [2.75, 3.05) is 13.1 Å². The molecular formula is C26H31ClN4O2. The van der Waals surface area contributed by atoms with Crippen molar-refractivity contribution in [1.82, 2.24) is 19.8 Å². The summed E-state index contributed by atoms with van der Waals surface area (Å²) < 4.78 is 1.73. The number of hydrogen-bond donors (Lipinski definition) is 1. The van der Waals surface area contributed by atoms with Crippen molar-refractivity contribution in [3.05, 3.63) is 75.3 Å². The number of carbonyl (C=O) groups excluding carboxylic acids is 1. The molecule has 0 bridgehead atoms. The molecule has 0 spiro atoms. The summed E-state index contributed by atoms with van der Waals surface area (Å²) in [5.74, 6) is 0.714. The van der Waals surface area contributed by atoms with Crippen molar-refractivity contribution in [3.8, 4) is 0 Å². The van der Waals surface area contributed by atoms with E-state index < -0.39 is 0 Å². The standard InChI is InChI=1S/C26H31ClN4O2/c1-17(2)23(31-16-26(3,4)28-13-12-22(31)32)24-29-21-14-19(27)10-11-20(21)25(33)30(24)15-18-8-6-5-7-9-18/h5-11,14,17,23,28H,12-13,15-16H2,1-4H3. The van der Waals surface area contributed by atoms with Gasteiger partial charge in [0.1, 0.15) is 5.82 Å². The number of aromatic nitrogens is 2. The van der Waals surface area contributed by atoms with E-state index >= 15 is 0 Å². The summed E-state index contributed by atoms with van der Waals surface area (Å²) in [6, 6.07) is 14.7. The fourth-order valence-corrected chi connectivity index (χ4v) is 4.79. The quantitative estimate of drug-likeness (QED) is 0.605. The van der Waals surface area contributed by atoms with Gasteiger partial charge in [-0.05, 0) is 43.5 Å². The van der Waals surface area contributed by atoms with E-state index in [0.717, 1.165) is 5.56 Å². The predicted molar refractivity (Wildman–Crippen MR) is 133 cm³/mol. The number of nitrogens with zero attached hydrogens (tertiary/aromatic N) is 3. The Morgan fingerprint density at radius 1 is 1.12 bits per heavy atom. The third kappa shape index (κ3) is 4.97. The molecule has 4 rings (SSSR count). The second-order valence-corrected chi connectivity index (χ2v) is 10.2. The van der Waals surface area contributed by atoms with Gasteiger partial charge in [-0.15, -0.1) is 0 Å². The van der Waals surface area contributed by atoms with Gasteiger partial charge in [-0.1, -0.05) is 55.8 Å². The molecule has 0 aliphatic carbocycles. The molecule has 3 aromatic rings. The fraction of sp³-hybridized carbons (Fsp3) is 0.423. The molecule has 1 aliphatic rings. The molecule has 1 amide bonds. The van der Waals surface area contributed by atoms with Crippen molar-refractivity contribution < 1.29 is 4.79 Å². The summed E-state index contributed by atoms with van der Waals surface area (Å²) in [6.07, 6.45) is 0.412. The van der Waals surface area contributed by atoms with Crippen LogP contribution in [0.5, 0.6) is 0 Å². The van der Waals surface area contributed by atoms with E-state index in [1.54, 1.807) is 22.8 Å². The summed E-state index contributed by atoms with van der Waals surface area (Å²) in [7, 11) is 0. The Bertz CT molecular complexity index is 1220. The molecule has 33 heavy (non-hydrogen) atoms. The molecule has 2 aromatic carbocycles. The highest BCUT2D eigenvalue weighted by molar-refractivity contribution is 6.31. The highest BCUT2D eigenvalue weighted by Crippen LogP contribution is 2.31. The van der Waals surface area contributed by atoms with E-state index in [1.165, 1.54) is 0 Å². The molecule has 1 aromatic heterocycles. The highest BCUT2D eigenvalue weighted by Gasteiger charge is 2.37. The topological polar surface area (TPSA) is 67.2 Å². The predicted octanol–water partition coefficient (Wildman–Crippen LogP) is 4.40. The number of nitrogens with one attached hydrogen (secondary N) is 1. The van der Waals surface area contributed by atoms with Gasteiger partial charge < -0.3 is 10.2 Å². The van der Waals surface area contributed by atoms with E-state index in [4.69, 9.17) is 16.6 Å². The van der Waals surface area contributed by atoms with E-state index in [9.17, 15) is 9.59 Å². The number of rotatable bonds is 5. The lowest BCUT2D eigenvalue weighted by atomic mass is 9.97. The van der Waals surface area contributed by atoms with Crippen molar-refractivity contribution in [1.29, 1.82) is 0 Å². The van der Waals surface area contributed by atoms with Crippen LogP contribution < -0.4 is 10.9 Å². The first-order chi connectivity index (χ1) is 15.7. The van der Waals surface area contributed by atoms with Gasteiger partial charge in [-0.25, -0.2) is 4.98 Å². The Balaban J connectivity index is 1.94. The average Bonchev–Trinajstić information content (AvgIpc) is 2.88. The Morgan fingerprint density at radius 3 is 2.55 bits per heavy atom. The third-order valence-electron chi connectivity index (χ3n) is 6.19. The Hall–Kier alpha value is -2.70. The molecule has 0 saturated carbocycles. The summed E-state index contributed by atoms with van der Waals surface area (Å²) >= 11 is 6.24. The highest BCUT2D eigenvalue weighted by atomic mass is 35.5. The fourth-order valence-electron chi connectivity index (χ4n) is 4.63. The summed E-state index contributed by atoms with van der Waals surface area (Å²) in [5.41, 5.74) is 1.19. The second kappa shape index (κ2) is 9.27. The normalized spacial score (nSPS) is 17.4. The van der Waals surface area contributed by atoms with Crippen LogP contribution in [0.25, 0.3) is 10.9 Å². The van der Waals surface area contributed by atoms with Crippen molar-refractivity contribution in [2.45, 2.75) is 52.2 Å². The molecule has 6 nitrogen and oxygen atoms in total. The smallest absolute Gasteiger partial charge is 0.261 e. The number of fused-ring (bicyclic) bond motifs is 1. The van der Waals surface area contributed by atoms with Gasteiger partial charge in [0, 0.05) is 30.1 Å². The molecule has 174 valence electrons. The molecular weight excluding hydrogens is 436 g/mol. The zero-order valence-corrected chi connectivity index (χ0v) is 20.4. The molecule has 1 fully saturated rings. The summed E-state index contributed by atoms with van der Waals surface area (Å²) in [6.45, 7) is 9.89. The van der Waals surface area contributed by atoms with Gasteiger partial charge in [-0.3, -0.25) is 14.2 Å². The maximum absolute atomic E-state index is 13.7. The molecule has 7 heteroatoms. The molecule has 1 N–H and O–H groups in total. The Kier molecular flexibility index (Phi) is 6.59. The minimum absolute atomic E-state index is 0.0495. The maximum atomic E-state index is 13.7. The van der Waals surface area contributed by atoms with Crippen LogP contribution in [-0.2, 0) is 11.3 Å². The van der Waals surface area contributed by atoms with Crippen LogP contribution in [0.15, 0.2) is 53.3 Å². The van der Waals surface area contributed by atoms with Gasteiger partial charge in [0.25, 0.3) is 5.56 Å². The van der Waals surface area contributed by atoms with E-state index in [2.05, 4.69) is 33.0 Å². The van der Waals surface area contributed by atoms with Crippen LogP contribution in [0.1, 0.15) is 51.5 Å². The molecule has 1 unspecified atom stereocenters. The summed E-state index contributed by atoms with van der Waals surface area (Å²) in [4.78, 5) is 33.8. The van der Waals surface area contributed by atoms with Gasteiger partial charge in [-0.2, -0.15) is 0 Å². The van der Waals surface area contributed by atoms with Gasteiger partial charge in [0.15, 0.2) is 0 Å². The summed E-state index contributed by atoms with van der Waals surface area (Å²) in [5, 5.41) is 4.51. The lowest BCUT2D eigenvalue weighted by Crippen LogP contribution is -2.49. The third-order valence-corrected chi connectivity index (χ3v) is 6.43. The number of halogens is 1. The van der Waals surface area contributed by atoms with Crippen molar-refractivity contribution >= 4 is 28.4 Å². The van der Waals surface area contributed by atoms with Crippen molar-refractivity contribution in [2.24, 2.45) is 5.92 Å². The Morgan fingerprint density at radius 2 is 1.85 bits per heavy atom. The van der Waals surface area contributed by atoms with Crippen LogP contribution in [0.4, 0.5) is 0 Å². The number of carbonyl (C=O) groups is 1. The van der Waals surface area contributed by atoms with E-state index in [0.29, 0.717) is 47.8 Å². The van der Waals surface area contributed by atoms with Gasteiger partial charge in [0.2, 0.25) is 5.91 Å². The largest absolute Gasteiger partial charge is 0.330 e. The molecule has 1 atom stereocenters. The van der Waals surface area contributed by atoms with Crippen LogP contribution in [-0.4, -0.2) is 39.0 Å². The monoisotopic (exact) mass is 466 g/mol. The Labute approximate surface area is 199 Å². The number of hydrogen-bond acceptors (Lipinski definition) is 4. The van der Waals surface area contributed by atoms with Gasteiger partial charge >= 0.3 is 0 Å². The van der Waals surface area contributed by atoms with Crippen LogP contribution in [0, 0.1) is 5.92 Å². The lowest BCUT2D eigenvalue weighted by Gasteiger charge is -2.38. The number of amides is 1. The zero-order valence-electron chi connectivity index (χ0n) is 19.6. The minimum atomic E-state index is -0.350. The van der Waals surface area contributed by atoms with Crippen LogP contribution in [0.2, 0.25) is 5.02 Å². The number of benzene rings is 2. The van der Waals surface area contributed by atoms with Gasteiger partial charge in [0.05, 0.1) is 23.5 Å².